The van der Waals surface area contributed by atoms with E-state index in [2.05, 4.69) is 20.5 Å². The molecule has 0 unspecified atom stereocenters. The van der Waals surface area contributed by atoms with Crippen molar-refractivity contribution in [3.63, 3.8) is 0 Å². The van der Waals surface area contributed by atoms with Gasteiger partial charge in [-0.05, 0) is 12.8 Å². The zero-order valence-electron chi connectivity index (χ0n) is 12.6. The summed E-state index contributed by atoms with van der Waals surface area (Å²) in [5, 5.41) is 33.5. The molecule has 1 fully saturated rings. The van der Waals surface area contributed by atoms with E-state index in [1.165, 1.54) is 12.3 Å². The summed E-state index contributed by atoms with van der Waals surface area (Å²) in [6.07, 6.45) is 2.64. The second-order valence-electron chi connectivity index (χ2n) is 5.93. The van der Waals surface area contributed by atoms with Crippen molar-refractivity contribution in [1.82, 2.24) is 15.2 Å². The van der Waals surface area contributed by atoms with Gasteiger partial charge in [0, 0.05) is 29.1 Å². The van der Waals surface area contributed by atoms with E-state index in [4.69, 9.17) is 11.6 Å². The van der Waals surface area contributed by atoms with Crippen molar-refractivity contribution >= 4 is 28.2 Å². The van der Waals surface area contributed by atoms with E-state index in [1.807, 2.05) is 24.3 Å². The van der Waals surface area contributed by atoms with Gasteiger partial charge in [-0.3, -0.25) is 0 Å². The molecule has 0 saturated heterocycles. The third-order valence-corrected chi connectivity index (χ3v) is 4.41. The van der Waals surface area contributed by atoms with Crippen molar-refractivity contribution in [2.75, 3.05) is 5.32 Å². The maximum Gasteiger partial charge on any atom is 0.156 e. The zero-order valence-corrected chi connectivity index (χ0v) is 13.4. The van der Waals surface area contributed by atoms with Crippen LogP contribution >= 0.6 is 11.6 Å². The van der Waals surface area contributed by atoms with Crippen LogP contribution in [0, 0.1) is 0 Å². The molecule has 1 aliphatic rings. The molecule has 4 rings (SSSR count). The molecule has 3 aromatic rings. The van der Waals surface area contributed by atoms with Gasteiger partial charge in [0.2, 0.25) is 0 Å². The van der Waals surface area contributed by atoms with Crippen LogP contribution in [0.15, 0.2) is 36.5 Å². The molecule has 7 heteroatoms. The Balaban J connectivity index is 1.80. The SMILES string of the molecule is Oc1cc(Cl)cnc1-c1nnc(NC2CC(O)C2)c2ccccc12. The average Bonchev–Trinajstić information content (AvgIpc) is 2.54. The number of hydrogen-bond acceptors (Lipinski definition) is 6. The van der Waals surface area contributed by atoms with Crippen molar-refractivity contribution in [1.29, 1.82) is 0 Å². The molecule has 0 atom stereocenters. The molecule has 24 heavy (non-hydrogen) atoms. The molecule has 2 heterocycles. The second kappa shape index (κ2) is 5.89. The lowest BCUT2D eigenvalue weighted by Gasteiger charge is -2.32. The van der Waals surface area contributed by atoms with Crippen LogP contribution in [0.5, 0.6) is 5.75 Å². The summed E-state index contributed by atoms with van der Waals surface area (Å²) in [6.45, 7) is 0. The molecule has 0 aliphatic heterocycles. The van der Waals surface area contributed by atoms with Crippen molar-refractivity contribution in [2.24, 2.45) is 0 Å². The minimum atomic E-state index is -0.240. The lowest BCUT2D eigenvalue weighted by Crippen LogP contribution is -2.39. The summed E-state index contributed by atoms with van der Waals surface area (Å²) in [5.74, 6) is 0.629. The molecule has 3 N–H and O–H groups in total. The van der Waals surface area contributed by atoms with E-state index in [1.54, 1.807) is 0 Å². The fourth-order valence-corrected chi connectivity index (χ4v) is 3.05. The van der Waals surface area contributed by atoms with Crippen LogP contribution in [0.2, 0.25) is 5.02 Å². The molecule has 0 radical (unpaired) electrons. The zero-order chi connectivity index (χ0) is 16.7. The molecule has 0 amide bonds. The van der Waals surface area contributed by atoms with E-state index in [9.17, 15) is 10.2 Å². The minimum Gasteiger partial charge on any atom is -0.506 e. The Morgan fingerprint density at radius 1 is 1.08 bits per heavy atom. The summed E-state index contributed by atoms with van der Waals surface area (Å²) in [4.78, 5) is 4.19. The van der Waals surface area contributed by atoms with Gasteiger partial charge in [-0.2, -0.15) is 0 Å². The highest BCUT2D eigenvalue weighted by Gasteiger charge is 2.28. The molecular weight excluding hydrogens is 328 g/mol. The molecular formula is C17H15ClN4O2. The number of benzene rings is 1. The van der Waals surface area contributed by atoms with Crippen molar-refractivity contribution in [3.8, 4) is 17.1 Å². The first kappa shape index (κ1) is 15.1. The minimum absolute atomic E-state index is 0.0372. The monoisotopic (exact) mass is 342 g/mol. The summed E-state index contributed by atoms with van der Waals surface area (Å²) in [5.41, 5.74) is 0.840. The first-order valence-corrected chi connectivity index (χ1v) is 8.04. The highest BCUT2D eigenvalue weighted by molar-refractivity contribution is 6.30. The average molecular weight is 343 g/mol. The number of pyridine rings is 1. The van der Waals surface area contributed by atoms with Crippen LogP contribution in [0.4, 0.5) is 5.82 Å². The van der Waals surface area contributed by atoms with Gasteiger partial charge >= 0.3 is 0 Å². The third kappa shape index (κ3) is 2.64. The van der Waals surface area contributed by atoms with Crippen LogP contribution in [0.25, 0.3) is 22.2 Å². The van der Waals surface area contributed by atoms with Crippen LogP contribution in [0.1, 0.15) is 12.8 Å². The second-order valence-corrected chi connectivity index (χ2v) is 6.37. The molecule has 1 aliphatic carbocycles. The molecule has 0 spiro atoms. The summed E-state index contributed by atoms with van der Waals surface area (Å²) in [6, 6.07) is 9.31. The van der Waals surface area contributed by atoms with E-state index in [0.717, 1.165) is 10.8 Å². The van der Waals surface area contributed by atoms with Gasteiger partial charge in [0.1, 0.15) is 17.1 Å². The Bertz CT molecular complexity index is 912. The molecule has 2 aromatic heterocycles. The lowest BCUT2D eigenvalue weighted by molar-refractivity contribution is 0.0835. The van der Waals surface area contributed by atoms with Crippen molar-refractivity contribution in [2.45, 2.75) is 25.0 Å². The highest BCUT2D eigenvalue weighted by atomic mass is 35.5. The van der Waals surface area contributed by atoms with Gasteiger partial charge in [-0.1, -0.05) is 35.9 Å². The quantitative estimate of drug-likeness (QED) is 0.677. The maximum atomic E-state index is 10.1. The van der Waals surface area contributed by atoms with Gasteiger partial charge < -0.3 is 15.5 Å². The number of halogens is 1. The van der Waals surface area contributed by atoms with Gasteiger partial charge in [0.15, 0.2) is 5.82 Å². The third-order valence-electron chi connectivity index (χ3n) is 4.20. The van der Waals surface area contributed by atoms with E-state index in [-0.39, 0.29) is 17.9 Å². The van der Waals surface area contributed by atoms with Gasteiger partial charge in [-0.25, -0.2) is 4.98 Å². The predicted octanol–water partition coefficient (Wildman–Crippen LogP) is 2.99. The van der Waals surface area contributed by atoms with Crippen LogP contribution in [-0.4, -0.2) is 37.5 Å². The Hall–Kier alpha value is -2.44. The number of aromatic nitrogens is 3. The summed E-state index contributed by atoms with van der Waals surface area (Å²) < 4.78 is 0. The Morgan fingerprint density at radius 2 is 1.83 bits per heavy atom. The fraction of sp³-hybridized carbons (Fsp3) is 0.235. The normalized spacial score (nSPS) is 19.9. The standard InChI is InChI=1S/C17H15ClN4O2/c18-9-5-14(24)16(19-8-9)15-12-3-1-2-4-13(12)17(22-21-15)20-10-6-11(23)7-10/h1-5,8,10-11,23-24H,6-7H2,(H,20,22). The van der Waals surface area contributed by atoms with E-state index in [0.29, 0.717) is 35.1 Å². The molecule has 1 saturated carbocycles. The molecule has 0 bridgehead atoms. The largest absolute Gasteiger partial charge is 0.506 e. The summed E-state index contributed by atoms with van der Waals surface area (Å²) in [7, 11) is 0. The number of hydrogen-bond donors (Lipinski definition) is 3. The number of aromatic hydroxyl groups is 1. The smallest absolute Gasteiger partial charge is 0.156 e. The number of rotatable bonds is 3. The van der Waals surface area contributed by atoms with Crippen molar-refractivity contribution in [3.05, 3.63) is 41.6 Å². The van der Waals surface area contributed by atoms with E-state index >= 15 is 0 Å². The Morgan fingerprint density at radius 3 is 2.54 bits per heavy atom. The lowest BCUT2D eigenvalue weighted by atomic mass is 9.89. The van der Waals surface area contributed by atoms with Crippen LogP contribution in [0.3, 0.4) is 0 Å². The molecule has 1 aromatic carbocycles. The predicted molar refractivity (Wildman–Crippen MR) is 92.1 cm³/mol. The number of nitrogens with one attached hydrogen (secondary N) is 1. The van der Waals surface area contributed by atoms with Gasteiger partial charge in [0.25, 0.3) is 0 Å². The van der Waals surface area contributed by atoms with E-state index < -0.39 is 0 Å². The molecule has 6 nitrogen and oxygen atoms in total. The van der Waals surface area contributed by atoms with Gasteiger partial charge in [0.05, 0.1) is 11.1 Å². The number of fused-ring (bicyclic) bond motifs is 1. The Kier molecular flexibility index (Phi) is 3.70. The van der Waals surface area contributed by atoms with Crippen molar-refractivity contribution < 1.29 is 10.2 Å². The number of nitrogens with zero attached hydrogens (tertiary/aromatic N) is 3. The Labute approximate surface area is 143 Å². The number of anilines is 1. The first-order chi connectivity index (χ1) is 11.6. The topological polar surface area (TPSA) is 91.2 Å². The number of aliphatic hydroxyl groups is 1. The number of aliphatic hydroxyl groups excluding tert-OH is 1. The highest BCUT2D eigenvalue weighted by Crippen LogP contribution is 2.35. The summed E-state index contributed by atoms with van der Waals surface area (Å²) >= 11 is 5.85. The van der Waals surface area contributed by atoms with Crippen LogP contribution < -0.4 is 5.32 Å². The fourth-order valence-electron chi connectivity index (χ4n) is 2.90. The molecule has 122 valence electrons. The maximum absolute atomic E-state index is 10.1. The first-order valence-electron chi connectivity index (χ1n) is 7.66. The van der Waals surface area contributed by atoms with Gasteiger partial charge in [-0.15, -0.1) is 10.2 Å². The van der Waals surface area contributed by atoms with Crippen LogP contribution in [-0.2, 0) is 0 Å².